The molecule has 0 fully saturated rings. The van der Waals surface area contributed by atoms with Crippen LogP contribution in [0.2, 0.25) is 0 Å². The van der Waals surface area contributed by atoms with Crippen molar-refractivity contribution < 1.29 is 0 Å². The first-order valence-corrected chi connectivity index (χ1v) is 4.22. The first-order valence-electron chi connectivity index (χ1n) is 4.22. The first kappa shape index (κ1) is 9.04. The van der Waals surface area contributed by atoms with Gasteiger partial charge in [-0.15, -0.1) is 0 Å². The average Bonchev–Trinajstić information content (AvgIpc) is 1.96. The Labute approximate surface area is 72.6 Å². The smallest absolute Gasteiger partial charge is 0.248 e. The van der Waals surface area contributed by atoms with Crippen molar-refractivity contribution in [1.29, 1.82) is 0 Å². The van der Waals surface area contributed by atoms with Crippen molar-refractivity contribution >= 4 is 0 Å². The van der Waals surface area contributed by atoms with Gasteiger partial charge < -0.3 is 4.98 Å². The summed E-state index contributed by atoms with van der Waals surface area (Å²) in [4.78, 5) is 14.0. The number of hydrogen-bond acceptors (Lipinski definition) is 1. The summed E-state index contributed by atoms with van der Waals surface area (Å²) in [7, 11) is 0. The standard InChI is InChI=1S/C10H15NO/c1-6(2)10-8(4)7(3)5-9(12)11-10/h5-6H,1-4H3,(H,11,12). The third kappa shape index (κ3) is 1.58. The van der Waals surface area contributed by atoms with Crippen LogP contribution in [0.1, 0.15) is 36.6 Å². The molecule has 0 aliphatic heterocycles. The van der Waals surface area contributed by atoms with Crippen LogP contribution in [0, 0.1) is 13.8 Å². The van der Waals surface area contributed by atoms with Crippen LogP contribution in [-0.2, 0) is 0 Å². The fraction of sp³-hybridized carbons (Fsp3) is 0.500. The zero-order valence-corrected chi connectivity index (χ0v) is 8.06. The third-order valence-corrected chi connectivity index (χ3v) is 2.18. The van der Waals surface area contributed by atoms with Crippen molar-refractivity contribution in [3.8, 4) is 0 Å². The summed E-state index contributed by atoms with van der Waals surface area (Å²) in [5, 5.41) is 0. The van der Waals surface area contributed by atoms with E-state index in [1.807, 2.05) is 13.8 Å². The molecule has 0 amide bonds. The molecule has 66 valence electrons. The highest BCUT2D eigenvalue weighted by Crippen LogP contribution is 2.16. The van der Waals surface area contributed by atoms with E-state index in [0.717, 1.165) is 11.3 Å². The molecule has 1 N–H and O–H groups in total. The molecule has 1 rings (SSSR count). The maximum Gasteiger partial charge on any atom is 0.248 e. The van der Waals surface area contributed by atoms with Gasteiger partial charge in [0.1, 0.15) is 0 Å². The van der Waals surface area contributed by atoms with Crippen LogP contribution in [0.15, 0.2) is 10.9 Å². The lowest BCUT2D eigenvalue weighted by Crippen LogP contribution is -2.11. The summed E-state index contributed by atoms with van der Waals surface area (Å²) in [5.74, 6) is 0.387. The van der Waals surface area contributed by atoms with Crippen molar-refractivity contribution in [2.75, 3.05) is 0 Å². The molecule has 0 aromatic carbocycles. The number of hydrogen-bond donors (Lipinski definition) is 1. The second-order valence-electron chi connectivity index (χ2n) is 3.51. The van der Waals surface area contributed by atoms with Crippen molar-refractivity contribution in [2.45, 2.75) is 33.6 Å². The third-order valence-electron chi connectivity index (χ3n) is 2.18. The molecule has 2 heteroatoms. The molecule has 1 heterocycles. The molecule has 0 aliphatic carbocycles. The summed E-state index contributed by atoms with van der Waals surface area (Å²) in [6.07, 6.45) is 0. The quantitative estimate of drug-likeness (QED) is 0.679. The number of aromatic nitrogens is 1. The Morgan fingerprint density at radius 1 is 1.33 bits per heavy atom. The molecule has 0 saturated carbocycles. The van der Waals surface area contributed by atoms with Crippen molar-refractivity contribution in [1.82, 2.24) is 4.98 Å². The highest BCUT2D eigenvalue weighted by atomic mass is 16.1. The zero-order valence-electron chi connectivity index (χ0n) is 8.06. The number of pyridine rings is 1. The highest BCUT2D eigenvalue weighted by Gasteiger charge is 2.06. The Kier molecular flexibility index (Phi) is 2.36. The molecule has 0 aliphatic rings. The van der Waals surface area contributed by atoms with E-state index in [9.17, 15) is 4.79 Å². The highest BCUT2D eigenvalue weighted by molar-refractivity contribution is 5.29. The fourth-order valence-corrected chi connectivity index (χ4v) is 1.36. The number of aromatic amines is 1. The van der Waals surface area contributed by atoms with E-state index >= 15 is 0 Å². The molecule has 0 bridgehead atoms. The van der Waals surface area contributed by atoms with Crippen LogP contribution >= 0.6 is 0 Å². The van der Waals surface area contributed by atoms with E-state index in [2.05, 4.69) is 18.8 Å². The summed E-state index contributed by atoms with van der Waals surface area (Å²) >= 11 is 0. The molecule has 0 saturated heterocycles. The molecule has 12 heavy (non-hydrogen) atoms. The van der Waals surface area contributed by atoms with Crippen LogP contribution < -0.4 is 5.56 Å². The predicted molar refractivity (Wildman–Crippen MR) is 50.6 cm³/mol. The van der Waals surface area contributed by atoms with E-state index in [1.165, 1.54) is 5.56 Å². The van der Waals surface area contributed by atoms with Crippen LogP contribution in [0.25, 0.3) is 0 Å². The Bertz CT molecular complexity index is 336. The zero-order chi connectivity index (χ0) is 9.30. The largest absolute Gasteiger partial charge is 0.326 e. The van der Waals surface area contributed by atoms with Crippen LogP contribution in [0.5, 0.6) is 0 Å². The lowest BCUT2D eigenvalue weighted by Gasteiger charge is -2.10. The van der Waals surface area contributed by atoms with E-state index in [1.54, 1.807) is 6.07 Å². The maximum atomic E-state index is 11.1. The maximum absolute atomic E-state index is 11.1. The average molecular weight is 165 g/mol. The number of H-pyrrole nitrogens is 1. The van der Waals surface area contributed by atoms with E-state index in [-0.39, 0.29) is 5.56 Å². The van der Waals surface area contributed by atoms with Crippen LogP contribution in [0.3, 0.4) is 0 Å². The van der Waals surface area contributed by atoms with E-state index in [4.69, 9.17) is 0 Å². The second-order valence-corrected chi connectivity index (χ2v) is 3.51. The molecule has 2 nitrogen and oxygen atoms in total. The Hall–Kier alpha value is -1.05. The summed E-state index contributed by atoms with van der Waals surface area (Å²) in [5.41, 5.74) is 3.33. The van der Waals surface area contributed by atoms with Gasteiger partial charge in [-0.2, -0.15) is 0 Å². The van der Waals surface area contributed by atoms with Crippen LogP contribution in [-0.4, -0.2) is 4.98 Å². The topological polar surface area (TPSA) is 32.9 Å². The molecular weight excluding hydrogens is 150 g/mol. The summed E-state index contributed by atoms with van der Waals surface area (Å²) in [6, 6.07) is 1.64. The summed E-state index contributed by atoms with van der Waals surface area (Å²) in [6.45, 7) is 8.17. The SMILES string of the molecule is Cc1cc(=O)[nH]c(C(C)C)c1C. The van der Waals surface area contributed by atoms with Gasteiger partial charge in [-0.05, 0) is 30.9 Å². The minimum Gasteiger partial charge on any atom is -0.326 e. The minimum atomic E-state index is 0.00167. The monoisotopic (exact) mass is 165 g/mol. The van der Waals surface area contributed by atoms with Gasteiger partial charge in [0.15, 0.2) is 0 Å². The summed E-state index contributed by atoms with van der Waals surface area (Å²) < 4.78 is 0. The van der Waals surface area contributed by atoms with E-state index in [0.29, 0.717) is 5.92 Å². The molecule has 1 aromatic heterocycles. The molecule has 0 radical (unpaired) electrons. The lowest BCUT2D eigenvalue weighted by molar-refractivity contribution is 0.801. The van der Waals surface area contributed by atoms with Gasteiger partial charge >= 0.3 is 0 Å². The van der Waals surface area contributed by atoms with Crippen molar-refractivity contribution in [3.05, 3.63) is 33.2 Å². The van der Waals surface area contributed by atoms with Gasteiger partial charge in [-0.3, -0.25) is 4.79 Å². The van der Waals surface area contributed by atoms with Gasteiger partial charge in [0.25, 0.3) is 0 Å². The number of rotatable bonds is 1. The van der Waals surface area contributed by atoms with Gasteiger partial charge in [0.2, 0.25) is 5.56 Å². The Morgan fingerprint density at radius 2 is 1.92 bits per heavy atom. The van der Waals surface area contributed by atoms with Gasteiger partial charge in [0.05, 0.1) is 0 Å². The van der Waals surface area contributed by atoms with Gasteiger partial charge in [-0.1, -0.05) is 13.8 Å². The normalized spacial score (nSPS) is 10.8. The molecular formula is C10H15NO. The van der Waals surface area contributed by atoms with E-state index < -0.39 is 0 Å². The van der Waals surface area contributed by atoms with Crippen molar-refractivity contribution in [2.24, 2.45) is 0 Å². The second kappa shape index (κ2) is 3.13. The molecule has 0 atom stereocenters. The first-order chi connectivity index (χ1) is 5.52. The van der Waals surface area contributed by atoms with Gasteiger partial charge in [-0.25, -0.2) is 0 Å². The Morgan fingerprint density at radius 3 is 2.42 bits per heavy atom. The number of nitrogens with one attached hydrogen (secondary N) is 1. The van der Waals surface area contributed by atoms with Crippen LogP contribution in [0.4, 0.5) is 0 Å². The number of aryl methyl sites for hydroxylation is 1. The Balaban J connectivity index is 3.38. The molecule has 1 aromatic rings. The van der Waals surface area contributed by atoms with Crippen molar-refractivity contribution in [3.63, 3.8) is 0 Å². The fourth-order valence-electron chi connectivity index (χ4n) is 1.36. The lowest BCUT2D eigenvalue weighted by atomic mass is 10.0. The minimum absolute atomic E-state index is 0.00167. The predicted octanol–water partition coefficient (Wildman–Crippen LogP) is 2.12. The molecule has 0 spiro atoms. The molecule has 0 unspecified atom stereocenters. The van der Waals surface area contributed by atoms with Gasteiger partial charge in [0, 0.05) is 11.8 Å².